The summed E-state index contributed by atoms with van der Waals surface area (Å²) in [5, 5.41) is 0. The lowest BCUT2D eigenvalue weighted by molar-refractivity contribution is 0.521. The summed E-state index contributed by atoms with van der Waals surface area (Å²) in [6.45, 7) is 20.8. The minimum absolute atomic E-state index is 0.213. The van der Waals surface area contributed by atoms with E-state index in [4.69, 9.17) is 0 Å². The zero-order chi connectivity index (χ0) is 14.3. The van der Waals surface area contributed by atoms with Crippen molar-refractivity contribution in [2.45, 2.75) is 79.6 Å². The fourth-order valence-electron chi connectivity index (χ4n) is 3.28. The summed E-state index contributed by atoms with van der Waals surface area (Å²) in [4.78, 5) is 0. The van der Waals surface area contributed by atoms with Gasteiger partial charge in [0.2, 0.25) is 0 Å². The quantitative estimate of drug-likeness (QED) is 0.617. The Balaban J connectivity index is 3.80. The number of hydrogen-bond acceptors (Lipinski definition) is 0. The predicted octanol–water partition coefficient (Wildman–Crippen LogP) is 5.46. The smallest absolute Gasteiger partial charge is 0.0126 e. The van der Waals surface area contributed by atoms with Crippen molar-refractivity contribution in [2.75, 3.05) is 0 Å². The average Bonchev–Trinajstić information content (AvgIpc) is 2.12. The maximum Gasteiger partial charge on any atom is -0.0126 e. The van der Waals surface area contributed by atoms with Gasteiger partial charge < -0.3 is 0 Å². The molecule has 0 unspecified atom stereocenters. The van der Waals surface area contributed by atoms with Crippen molar-refractivity contribution in [3.63, 3.8) is 0 Å². The summed E-state index contributed by atoms with van der Waals surface area (Å²) in [7, 11) is 0. The van der Waals surface area contributed by atoms with Gasteiger partial charge in [-0.3, -0.25) is 0 Å². The molecule has 18 heavy (non-hydrogen) atoms. The van der Waals surface area contributed by atoms with E-state index in [9.17, 15) is 0 Å². The largest absolute Gasteiger partial charge is 0.0613 e. The van der Waals surface area contributed by atoms with Crippen LogP contribution in [0.3, 0.4) is 0 Å². The molecule has 102 valence electrons. The Hall–Kier alpha value is -0.780. The molecule has 1 aromatic rings. The van der Waals surface area contributed by atoms with Gasteiger partial charge in [-0.25, -0.2) is 0 Å². The van der Waals surface area contributed by atoms with Crippen LogP contribution in [0.2, 0.25) is 0 Å². The van der Waals surface area contributed by atoms with Crippen molar-refractivity contribution in [3.05, 3.63) is 33.9 Å². The lowest BCUT2D eigenvalue weighted by atomic mass is 9.70. The minimum Gasteiger partial charge on any atom is -0.0613 e. The van der Waals surface area contributed by atoms with Gasteiger partial charge >= 0.3 is 0 Å². The molecule has 0 aromatic heterocycles. The Labute approximate surface area is 114 Å². The summed E-state index contributed by atoms with van der Waals surface area (Å²) in [5.41, 5.74) is 8.01. The molecule has 0 aliphatic carbocycles. The van der Waals surface area contributed by atoms with Crippen LogP contribution in [0.25, 0.3) is 0 Å². The Morgan fingerprint density at radius 1 is 0.778 bits per heavy atom. The molecule has 0 radical (unpaired) electrons. The van der Waals surface area contributed by atoms with Crippen LogP contribution in [-0.4, -0.2) is 0 Å². The molecule has 0 atom stereocenters. The van der Waals surface area contributed by atoms with Gasteiger partial charge in [0, 0.05) is 0 Å². The molecular formula is C18H30. The van der Waals surface area contributed by atoms with E-state index in [0.717, 1.165) is 6.42 Å². The van der Waals surface area contributed by atoms with E-state index < -0.39 is 0 Å². The van der Waals surface area contributed by atoms with Crippen LogP contribution < -0.4 is 0 Å². The normalized spacial score (nSPS) is 12.9. The molecule has 0 spiro atoms. The van der Waals surface area contributed by atoms with E-state index in [2.05, 4.69) is 68.4 Å². The molecule has 0 nitrogen and oxygen atoms in total. The summed E-state index contributed by atoms with van der Waals surface area (Å²) in [5.74, 6) is 0. The van der Waals surface area contributed by atoms with Crippen LogP contribution in [0.1, 0.15) is 76.3 Å². The van der Waals surface area contributed by atoms with Gasteiger partial charge in [-0.2, -0.15) is 0 Å². The van der Waals surface area contributed by atoms with Gasteiger partial charge in [-0.1, -0.05) is 54.5 Å². The van der Waals surface area contributed by atoms with Crippen LogP contribution in [0.4, 0.5) is 0 Å². The van der Waals surface area contributed by atoms with Crippen molar-refractivity contribution in [1.29, 1.82) is 0 Å². The minimum atomic E-state index is 0.213. The highest BCUT2D eigenvalue weighted by Gasteiger charge is 2.29. The van der Waals surface area contributed by atoms with Gasteiger partial charge in [-0.05, 0) is 58.9 Å². The van der Waals surface area contributed by atoms with E-state index in [1.54, 1.807) is 16.7 Å². The number of hydrogen-bond donors (Lipinski definition) is 0. The molecule has 0 amide bonds. The maximum absolute atomic E-state index is 2.37. The highest BCUT2D eigenvalue weighted by molar-refractivity contribution is 5.51. The molecular weight excluding hydrogens is 216 g/mol. The van der Waals surface area contributed by atoms with Crippen molar-refractivity contribution in [3.8, 4) is 0 Å². The van der Waals surface area contributed by atoms with E-state index in [1.807, 2.05) is 0 Å². The SMILES string of the molecule is CCc1c(C)cc(C)c(C(C)(C)C)c1C(C)(C)C. The molecule has 0 saturated heterocycles. The summed E-state index contributed by atoms with van der Waals surface area (Å²) < 4.78 is 0. The molecule has 0 saturated carbocycles. The third-order valence-corrected chi connectivity index (χ3v) is 3.71. The van der Waals surface area contributed by atoms with E-state index >= 15 is 0 Å². The zero-order valence-corrected chi connectivity index (χ0v) is 13.8. The summed E-state index contributed by atoms with van der Waals surface area (Å²) in [6, 6.07) is 2.37. The second kappa shape index (κ2) is 4.72. The van der Waals surface area contributed by atoms with E-state index in [1.165, 1.54) is 11.1 Å². The molecule has 0 N–H and O–H groups in total. The second-order valence-corrected chi connectivity index (χ2v) is 7.59. The van der Waals surface area contributed by atoms with Crippen LogP contribution >= 0.6 is 0 Å². The zero-order valence-electron chi connectivity index (χ0n) is 13.8. The number of rotatable bonds is 1. The van der Waals surface area contributed by atoms with Crippen LogP contribution in [0, 0.1) is 13.8 Å². The van der Waals surface area contributed by atoms with Crippen LogP contribution in [0.15, 0.2) is 6.07 Å². The standard InChI is InChI=1S/C18H30/c1-10-14-12(2)11-13(3)15(17(4,5)6)16(14)18(7,8)9/h11H,10H2,1-9H3. The summed E-state index contributed by atoms with van der Waals surface area (Å²) in [6.07, 6.45) is 1.13. The molecule has 1 aromatic carbocycles. The molecule has 0 aliphatic rings. The van der Waals surface area contributed by atoms with Crippen molar-refractivity contribution in [2.24, 2.45) is 0 Å². The Morgan fingerprint density at radius 3 is 1.56 bits per heavy atom. The Bertz CT molecular complexity index is 437. The molecule has 1 rings (SSSR count). The van der Waals surface area contributed by atoms with Crippen molar-refractivity contribution in [1.82, 2.24) is 0 Å². The molecule has 0 heterocycles. The first-order chi connectivity index (χ1) is 8.00. The highest BCUT2D eigenvalue weighted by atomic mass is 14.3. The van der Waals surface area contributed by atoms with Crippen molar-refractivity contribution < 1.29 is 0 Å². The third-order valence-electron chi connectivity index (χ3n) is 3.71. The van der Waals surface area contributed by atoms with Crippen molar-refractivity contribution >= 4 is 0 Å². The van der Waals surface area contributed by atoms with E-state index in [0.29, 0.717) is 0 Å². The van der Waals surface area contributed by atoms with Gasteiger partial charge in [0.05, 0.1) is 0 Å². The third kappa shape index (κ3) is 2.79. The lowest BCUT2D eigenvalue weighted by Gasteiger charge is -2.35. The topological polar surface area (TPSA) is 0 Å². The first kappa shape index (κ1) is 15.3. The maximum atomic E-state index is 2.37. The highest BCUT2D eigenvalue weighted by Crippen LogP contribution is 2.39. The Kier molecular flexibility index (Phi) is 4.00. The predicted molar refractivity (Wildman–Crippen MR) is 82.7 cm³/mol. The number of aryl methyl sites for hydroxylation is 2. The lowest BCUT2D eigenvalue weighted by Crippen LogP contribution is -2.25. The average molecular weight is 246 g/mol. The van der Waals surface area contributed by atoms with Crippen LogP contribution in [0.5, 0.6) is 0 Å². The van der Waals surface area contributed by atoms with Gasteiger partial charge in [0.1, 0.15) is 0 Å². The summed E-state index contributed by atoms with van der Waals surface area (Å²) >= 11 is 0. The fourth-order valence-corrected chi connectivity index (χ4v) is 3.28. The fraction of sp³-hybridized carbons (Fsp3) is 0.667. The Morgan fingerprint density at radius 2 is 1.22 bits per heavy atom. The molecule has 0 heteroatoms. The molecule has 0 bridgehead atoms. The molecule has 0 fully saturated rings. The van der Waals surface area contributed by atoms with Gasteiger partial charge in [0.15, 0.2) is 0 Å². The first-order valence-electron chi connectivity index (χ1n) is 7.14. The molecule has 0 aliphatic heterocycles. The second-order valence-electron chi connectivity index (χ2n) is 7.59. The first-order valence-corrected chi connectivity index (χ1v) is 7.14. The van der Waals surface area contributed by atoms with Gasteiger partial charge in [-0.15, -0.1) is 0 Å². The van der Waals surface area contributed by atoms with E-state index in [-0.39, 0.29) is 10.8 Å². The monoisotopic (exact) mass is 246 g/mol. The number of benzene rings is 1. The van der Waals surface area contributed by atoms with Gasteiger partial charge in [0.25, 0.3) is 0 Å². The van der Waals surface area contributed by atoms with Crippen LogP contribution in [-0.2, 0) is 17.3 Å².